The van der Waals surface area contributed by atoms with Crippen LogP contribution < -0.4 is 10.5 Å². The first-order chi connectivity index (χ1) is 6.31. The van der Waals surface area contributed by atoms with Crippen molar-refractivity contribution < 1.29 is 4.74 Å². The molecule has 0 radical (unpaired) electrons. The van der Waals surface area contributed by atoms with Gasteiger partial charge in [-0.2, -0.15) is 0 Å². The summed E-state index contributed by atoms with van der Waals surface area (Å²) >= 11 is 3.40. The molecule has 1 aliphatic carbocycles. The Morgan fingerprint density at radius 3 is 2.92 bits per heavy atom. The molecule has 0 amide bonds. The highest BCUT2D eigenvalue weighted by molar-refractivity contribution is 9.10. The highest BCUT2D eigenvalue weighted by Gasteiger charge is 2.25. The summed E-state index contributed by atoms with van der Waals surface area (Å²) in [5.74, 6) is 0.861. The number of nitrogens with two attached hydrogens (primary N) is 1. The predicted molar refractivity (Wildman–Crippen MR) is 53.5 cm³/mol. The van der Waals surface area contributed by atoms with Gasteiger partial charge in [0.2, 0.25) is 0 Å². The molecule has 3 nitrogen and oxygen atoms in total. The van der Waals surface area contributed by atoms with Crippen LogP contribution in [0.3, 0.4) is 0 Å². The van der Waals surface area contributed by atoms with Crippen molar-refractivity contribution in [3.05, 3.63) is 22.4 Å². The summed E-state index contributed by atoms with van der Waals surface area (Å²) in [6.07, 6.45) is 6.18. The molecule has 1 fully saturated rings. The first-order valence-electron chi connectivity index (χ1n) is 4.30. The van der Waals surface area contributed by atoms with E-state index in [0.717, 1.165) is 28.6 Å². The Labute approximate surface area is 85.4 Å². The maximum absolute atomic E-state index is 5.71. The maximum Gasteiger partial charge on any atom is 0.141 e. The number of aromatic nitrogens is 1. The van der Waals surface area contributed by atoms with E-state index in [1.165, 1.54) is 0 Å². The lowest BCUT2D eigenvalue weighted by Gasteiger charge is -2.10. The molecule has 1 aromatic heterocycles. The van der Waals surface area contributed by atoms with Gasteiger partial charge in [-0.3, -0.25) is 4.98 Å². The summed E-state index contributed by atoms with van der Waals surface area (Å²) in [4.78, 5) is 4.04. The van der Waals surface area contributed by atoms with Crippen LogP contribution in [0.4, 0.5) is 0 Å². The monoisotopic (exact) mass is 242 g/mol. The van der Waals surface area contributed by atoms with Gasteiger partial charge in [0, 0.05) is 24.5 Å². The van der Waals surface area contributed by atoms with Crippen molar-refractivity contribution in [1.82, 2.24) is 4.98 Å². The molecular formula is C9H11BrN2O. The van der Waals surface area contributed by atoms with Gasteiger partial charge in [-0.1, -0.05) is 0 Å². The number of hydrogen-bond donors (Lipinski definition) is 1. The van der Waals surface area contributed by atoms with E-state index in [0.29, 0.717) is 12.6 Å². The summed E-state index contributed by atoms with van der Waals surface area (Å²) in [7, 11) is 0. The lowest BCUT2D eigenvalue weighted by molar-refractivity contribution is 0.297. The fraction of sp³-hybridized carbons (Fsp3) is 0.444. The summed E-state index contributed by atoms with van der Waals surface area (Å²) in [6, 6.07) is 0. The van der Waals surface area contributed by atoms with Crippen LogP contribution in [-0.4, -0.2) is 11.1 Å². The molecule has 1 aliphatic rings. The van der Waals surface area contributed by atoms with Crippen molar-refractivity contribution in [2.45, 2.75) is 25.5 Å². The minimum Gasteiger partial charge on any atom is -0.489 e. The number of pyridine rings is 1. The van der Waals surface area contributed by atoms with Gasteiger partial charge >= 0.3 is 0 Å². The SMILES string of the molecule is NCc1cncc(Br)c1OC1CC1. The van der Waals surface area contributed by atoms with Crippen LogP contribution in [0, 0.1) is 0 Å². The third kappa shape index (κ3) is 2.00. The lowest BCUT2D eigenvalue weighted by atomic mass is 10.2. The van der Waals surface area contributed by atoms with E-state index in [1.54, 1.807) is 12.4 Å². The molecule has 0 atom stereocenters. The lowest BCUT2D eigenvalue weighted by Crippen LogP contribution is -2.05. The van der Waals surface area contributed by atoms with Gasteiger partial charge in [0.25, 0.3) is 0 Å². The van der Waals surface area contributed by atoms with Gasteiger partial charge in [-0.05, 0) is 28.8 Å². The summed E-state index contributed by atoms with van der Waals surface area (Å²) < 4.78 is 6.60. The molecule has 0 spiro atoms. The van der Waals surface area contributed by atoms with Crippen molar-refractivity contribution >= 4 is 15.9 Å². The number of nitrogens with zero attached hydrogens (tertiary/aromatic N) is 1. The fourth-order valence-electron chi connectivity index (χ4n) is 1.09. The molecule has 1 aromatic rings. The summed E-state index contributed by atoms with van der Waals surface area (Å²) in [5.41, 5.74) is 6.53. The molecule has 0 saturated heterocycles. The Bertz CT molecular complexity index is 312. The van der Waals surface area contributed by atoms with E-state index in [2.05, 4.69) is 20.9 Å². The molecule has 0 aliphatic heterocycles. The Kier molecular flexibility index (Phi) is 2.51. The largest absolute Gasteiger partial charge is 0.489 e. The molecule has 13 heavy (non-hydrogen) atoms. The van der Waals surface area contributed by atoms with Gasteiger partial charge < -0.3 is 10.5 Å². The minimum atomic E-state index is 0.393. The van der Waals surface area contributed by atoms with Crippen LogP contribution in [0.1, 0.15) is 18.4 Å². The second kappa shape index (κ2) is 3.64. The van der Waals surface area contributed by atoms with E-state index in [9.17, 15) is 0 Å². The summed E-state index contributed by atoms with van der Waals surface area (Å²) in [5, 5.41) is 0. The van der Waals surface area contributed by atoms with E-state index in [4.69, 9.17) is 10.5 Å². The zero-order chi connectivity index (χ0) is 9.26. The van der Waals surface area contributed by atoms with Crippen LogP contribution in [0.15, 0.2) is 16.9 Å². The van der Waals surface area contributed by atoms with Crippen LogP contribution in [0.2, 0.25) is 0 Å². The van der Waals surface area contributed by atoms with Crippen molar-refractivity contribution in [2.75, 3.05) is 0 Å². The molecule has 0 unspecified atom stereocenters. The van der Waals surface area contributed by atoms with Crippen molar-refractivity contribution in [1.29, 1.82) is 0 Å². The molecule has 2 rings (SSSR count). The fourth-order valence-corrected chi connectivity index (χ4v) is 1.56. The van der Waals surface area contributed by atoms with Gasteiger partial charge in [0.1, 0.15) is 5.75 Å². The molecule has 70 valence electrons. The smallest absolute Gasteiger partial charge is 0.141 e. The van der Waals surface area contributed by atoms with E-state index in [-0.39, 0.29) is 0 Å². The zero-order valence-corrected chi connectivity index (χ0v) is 8.75. The third-order valence-electron chi connectivity index (χ3n) is 1.96. The molecule has 1 saturated carbocycles. The van der Waals surface area contributed by atoms with Gasteiger partial charge in [0.05, 0.1) is 10.6 Å². The highest BCUT2D eigenvalue weighted by atomic mass is 79.9. The van der Waals surface area contributed by atoms with Gasteiger partial charge in [-0.15, -0.1) is 0 Å². The van der Waals surface area contributed by atoms with Crippen LogP contribution >= 0.6 is 15.9 Å². The van der Waals surface area contributed by atoms with Crippen molar-refractivity contribution in [3.8, 4) is 5.75 Å². The Balaban J connectivity index is 2.27. The van der Waals surface area contributed by atoms with Gasteiger partial charge in [-0.25, -0.2) is 0 Å². The first-order valence-corrected chi connectivity index (χ1v) is 5.09. The molecule has 0 aromatic carbocycles. The van der Waals surface area contributed by atoms with Crippen LogP contribution in [-0.2, 0) is 6.54 Å². The minimum absolute atomic E-state index is 0.393. The number of rotatable bonds is 3. The highest BCUT2D eigenvalue weighted by Crippen LogP contribution is 2.33. The van der Waals surface area contributed by atoms with Crippen LogP contribution in [0.25, 0.3) is 0 Å². The molecule has 4 heteroatoms. The third-order valence-corrected chi connectivity index (χ3v) is 2.52. The second-order valence-corrected chi connectivity index (χ2v) is 3.99. The molecule has 0 bridgehead atoms. The maximum atomic E-state index is 5.71. The number of ether oxygens (including phenoxy) is 1. The zero-order valence-electron chi connectivity index (χ0n) is 7.16. The standard InChI is InChI=1S/C9H11BrN2O/c10-8-5-12-4-6(3-11)9(8)13-7-1-2-7/h4-5,7H,1-3,11H2. The van der Waals surface area contributed by atoms with Crippen molar-refractivity contribution in [2.24, 2.45) is 5.73 Å². The average Bonchev–Trinajstić information content (AvgIpc) is 2.92. The summed E-state index contributed by atoms with van der Waals surface area (Å²) in [6.45, 7) is 0.467. The topological polar surface area (TPSA) is 48.1 Å². The second-order valence-electron chi connectivity index (χ2n) is 3.13. The quantitative estimate of drug-likeness (QED) is 0.881. The predicted octanol–water partition coefficient (Wildman–Crippen LogP) is 1.84. The van der Waals surface area contributed by atoms with E-state index >= 15 is 0 Å². The Hall–Kier alpha value is -0.610. The van der Waals surface area contributed by atoms with Crippen LogP contribution in [0.5, 0.6) is 5.75 Å². The number of halogens is 1. The van der Waals surface area contributed by atoms with Crippen molar-refractivity contribution in [3.63, 3.8) is 0 Å². The van der Waals surface area contributed by atoms with Gasteiger partial charge in [0.15, 0.2) is 0 Å². The average molecular weight is 243 g/mol. The molecular weight excluding hydrogens is 232 g/mol. The Morgan fingerprint density at radius 2 is 2.31 bits per heavy atom. The molecule has 1 heterocycles. The first kappa shape index (κ1) is 8.97. The normalized spacial score (nSPS) is 15.8. The Morgan fingerprint density at radius 1 is 1.54 bits per heavy atom. The van der Waals surface area contributed by atoms with E-state index in [1.807, 2.05) is 0 Å². The number of hydrogen-bond acceptors (Lipinski definition) is 3. The van der Waals surface area contributed by atoms with E-state index < -0.39 is 0 Å². The molecule has 2 N–H and O–H groups in total.